The fourth-order valence-corrected chi connectivity index (χ4v) is 3.01. The molecule has 0 saturated carbocycles. The number of hydrogen-bond acceptors (Lipinski definition) is 3. The second-order valence-corrected chi connectivity index (χ2v) is 6.89. The lowest BCUT2D eigenvalue weighted by Crippen LogP contribution is -2.33. The van der Waals surface area contributed by atoms with E-state index in [-0.39, 0.29) is 11.4 Å². The van der Waals surface area contributed by atoms with Gasteiger partial charge in [0.2, 0.25) is 10.0 Å². The van der Waals surface area contributed by atoms with E-state index in [4.69, 9.17) is 16.7 Å². The van der Waals surface area contributed by atoms with Crippen molar-refractivity contribution < 1.29 is 18.3 Å². The summed E-state index contributed by atoms with van der Waals surface area (Å²) in [5, 5.41) is 9.17. The van der Waals surface area contributed by atoms with Gasteiger partial charge in [0, 0.05) is 18.6 Å². The van der Waals surface area contributed by atoms with Crippen LogP contribution < -0.4 is 0 Å². The molecule has 1 unspecified atom stereocenters. The Labute approximate surface area is 117 Å². The standard InChI is InChI=1S/C12H16ClNO4S/c1-8-4-5-10(6-11(8)13)19(17,18)14(3)7-9(2)12(15)16/h4-6,9H,7H2,1-3H3,(H,15,16). The molecule has 0 aliphatic heterocycles. The van der Waals surface area contributed by atoms with Crippen LogP contribution in [0.15, 0.2) is 23.1 Å². The quantitative estimate of drug-likeness (QED) is 0.902. The minimum atomic E-state index is -3.72. The van der Waals surface area contributed by atoms with Gasteiger partial charge in [-0.15, -0.1) is 0 Å². The predicted molar refractivity (Wildman–Crippen MR) is 72.8 cm³/mol. The molecule has 0 heterocycles. The van der Waals surface area contributed by atoms with E-state index >= 15 is 0 Å². The van der Waals surface area contributed by atoms with Crippen molar-refractivity contribution in [3.63, 3.8) is 0 Å². The minimum Gasteiger partial charge on any atom is -0.481 e. The number of aryl methyl sites for hydroxylation is 1. The van der Waals surface area contributed by atoms with Gasteiger partial charge >= 0.3 is 5.97 Å². The lowest BCUT2D eigenvalue weighted by atomic mass is 10.2. The van der Waals surface area contributed by atoms with Crippen LogP contribution in [0.2, 0.25) is 5.02 Å². The maximum absolute atomic E-state index is 12.2. The largest absolute Gasteiger partial charge is 0.481 e. The van der Waals surface area contributed by atoms with E-state index in [0.29, 0.717) is 5.02 Å². The summed E-state index contributed by atoms with van der Waals surface area (Å²) in [7, 11) is -2.37. The van der Waals surface area contributed by atoms with Crippen LogP contribution in [0.3, 0.4) is 0 Å². The van der Waals surface area contributed by atoms with Gasteiger partial charge in [-0.3, -0.25) is 4.79 Å². The topological polar surface area (TPSA) is 74.7 Å². The van der Waals surface area contributed by atoms with Crippen molar-refractivity contribution in [2.45, 2.75) is 18.7 Å². The molecule has 1 aromatic carbocycles. The summed E-state index contributed by atoms with van der Waals surface area (Å²) in [6, 6.07) is 4.44. The molecule has 0 saturated heterocycles. The van der Waals surface area contributed by atoms with E-state index in [2.05, 4.69) is 0 Å². The first-order chi connectivity index (χ1) is 8.66. The van der Waals surface area contributed by atoms with E-state index in [0.717, 1.165) is 9.87 Å². The number of carboxylic acids is 1. The van der Waals surface area contributed by atoms with Gasteiger partial charge < -0.3 is 5.11 Å². The molecule has 19 heavy (non-hydrogen) atoms. The van der Waals surface area contributed by atoms with Crippen molar-refractivity contribution in [1.29, 1.82) is 0 Å². The summed E-state index contributed by atoms with van der Waals surface area (Å²) < 4.78 is 25.5. The summed E-state index contributed by atoms with van der Waals surface area (Å²) in [5.74, 6) is -1.82. The summed E-state index contributed by atoms with van der Waals surface area (Å²) in [4.78, 5) is 10.8. The highest BCUT2D eigenvalue weighted by Gasteiger charge is 2.25. The maximum Gasteiger partial charge on any atom is 0.307 e. The monoisotopic (exact) mass is 305 g/mol. The molecule has 1 aromatic rings. The van der Waals surface area contributed by atoms with Gasteiger partial charge in [-0.25, -0.2) is 12.7 Å². The fraction of sp³-hybridized carbons (Fsp3) is 0.417. The molecule has 0 radical (unpaired) electrons. The zero-order chi connectivity index (χ0) is 14.8. The number of benzene rings is 1. The predicted octanol–water partition coefficient (Wildman–Crippen LogP) is 1.99. The van der Waals surface area contributed by atoms with Crippen molar-refractivity contribution in [3.8, 4) is 0 Å². The van der Waals surface area contributed by atoms with Crippen LogP contribution in [0.4, 0.5) is 0 Å². The highest BCUT2D eigenvalue weighted by atomic mass is 35.5. The summed E-state index contributed by atoms with van der Waals surface area (Å²) in [6.07, 6.45) is 0. The molecule has 1 rings (SSSR count). The van der Waals surface area contributed by atoms with Crippen LogP contribution in [0.5, 0.6) is 0 Å². The molecule has 0 bridgehead atoms. The first-order valence-electron chi connectivity index (χ1n) is 5.61. The Morgan fingerprint density at radius 3 is 2.53 bits per heavy atom. The Kier molecular flexibility index (Phi) is 4.95. The average molecular weight is 306 g/mol. The van der Waals surface area contributed by atoms with Crippen LogP contribution in [0, 0.1) is 12.8 Å². The molecule has 5 nitrogen and oxygen atoms in total. The average Bonchev–Trinajstić information content (AvgIpc) is 2.32. The molecule has 1 N–H and O–H groups in total. The number of hydrogen-bond donors (Lipinski definition) is 1. The van der Waals surface area contributed by atoms with Crippen molar-refractivity contribution >= 4 is 27.6 Å². The Balaban J connectivity index is 3.03. The SMILES string of the molecule is Cc1ccc(S(=O)(=O)N(C)CC(C)C(=O)O)cc1Cl. The van der Waals surface area contributed by atoms with E-state index in [1.165, 1.54) is 26.1 Å². The molecule has 0 aromatic heterocycles. The van der Waals surface area contributed by atoms with Crippen molar-refractivity contribution in [1.82, 2.24) is 4.31 Å². The second-order valence-electron chi connectivity index (χ2n) is 4.44. The number of carbonyl (C=O) groups is 1. The first-order valence-corrected chi connectivity index (χ1v) is 7.43. The Morgan fingerprint density at radius 2 is 2.05 bits per heavy atom. The third kappa shape index (κ3) is 3.68. The number of nitrogens with zero attached hydrogens (tertiary/aromatic N) is 1. The van der Waals surface area contributed by atoms with Gasteiger partial charge in [0.25, 0.3) is 0 Å². The lowest BCUT2D eigenvalue weighted by molar-refractivity contribution is -0.141. The lowest BCUT2D eigenvalue weighted by Gasteiger charge is -2.19. The van der Waals surface area contributed by atoms with Crippen LogP contribution in [-0.2, 0) is 14.8 Å². The molecular weight excluding hydrogens is 290 g/mol. The first kappa shape index (κ1) is 15.9. The van der Waals surface area contributed by atoms with Crippen LogP contribution >= 0.6 is 11.6 Å². The summed E-state index contributed by atoms with van der Waals surface area (Å²) in [6.45, 7) is 3.13. The van der Waals surface area contributed by atoms with Gasteiger partial charge in [-0.1, -0.05) is 24.6 Å². The molecule has 1 atom stereocenters. The van der Waals surface area contributed by atoms with E-state index in [1.54, 1.807) is 13.0 Å². The Morgan fingerprint density at radius 1 is 1.47 bits per heavy atom. The van der Waals surface area contributed by atoms with Gasteiger partial charge in [-0.2, -0.15) is 0 Å². The molecule has 0 amide bonds. The van der Waals surface area contributed by atoms with Crippen LogP contribution in [0.25, 0.3) is 0 Å². The summed E-state index contributed by atoms with van der Waals surface area (Å²) >= 11 is 5.90. The van der Waals surface area contributed by atoms with E-state index < -0.39 is 21.9 Å². The molecule has 0 aliphatic rings. The zero-order valence-electron chi connectivity index (χ0n) is 10.9. The fourth-order valence-electron chi connectivity index (χ4n) is 1.48. The number of sulfonamides is 1. The second kappa shape index (κ2) is 5.90. The normalized spacial score (nSPS) is 13.5. The molecule has 0 spiro atoms. The van der Waals surface area contributed by atoms with Gasteiger partial charge in [0.1, 0.15) is 0 Å². The van der Waals surface area contributed by atoms with Crippen molar-refractivity contribution in [3.05, 3.63) is 28.8 Å². The van der Waals surface area contributed by atoms with E-state index in [9.17, 15) is 13.2 Å². The Bertz CT molecular complexity index is 585. The third-order valence-electron chi connectivity index (χ3n) is 2.80. The number of carboxylic acid groups (broad SMARTS) is 1. The summed E-state index contributed by atoms with van der Waals surface area (Å²) in [5.41, 5.74) is 0.780. The van der Waals surface area contributed by atoms with Gasteiger partial charge in [-0.05, 0) is 24.6 Å². The van der Waals surface area contributed by atoms with Gasteiger partial charge in [0.15, 0.2) is 0 Å². The highest BCUT2D eigenvalue weighted by molar-refractivity contribution is 7.89. The number of rotatable bonds is 5. The Hall–Kier alpha value is -1.11. The molecule has 0 fully saturated rings. The van der Waals surface area contributed by atoms with Gasteiger partial charge in [0.05, 0.1) is 10.8 Å². The third-order valence-corrected chi connectivity index (χ3v) is 5.03. The molecule has 106 valence electrons. The number of halogens is 1. The zero-order valence-corrected chi connectivity index (χ0v) is 12.5. The molecule has 0 aliphatic carbocycles. The van der Waals surface area contributed by atoms with Crippen LogP contribution in [-0.4, -0.2) is 37.4 Å². The number of aliphatic carboxylic acids is 1. The van der Waals surface area contributed by atoms with Crippen LogP contribution in [0.1, 0.15) is 12.5 Å². The van der Waals surface area contributed by atoms with Crippen molar-refractivity contribution in [2.75, 3.05) is 13.6 Å². The minimum absolute atomic E-state index is 0.0585. The maximum atomic E-state index is 12.2. The van der Waals surface area contributed by atoms with E-state index in [1.807, 2.05) is 0 Å². The highest BCUT2D eigenvalue weighted by Crippen LogP contribution is 2.22. The molecular formula is C12H16ClNO4S. The molecule has 7 heteroatoms. The van der Waals surface area contributed by atoms with Crippen molar-refractivity contribution in [2.24, 2.45) is 5.92 Å². The smallest absolute Gasteiger partial charge is 0.307 e.